The Balaban J connectivity index is 2.20. The molecule has 1 aliphatic heterocycles. The van der Waals surface area contributed by atoms with E-state index in [9.17, 15) is 9.59 Å². The van der Waals surface area contributed by atoms with Crippen molar-refractivity contribution >= 4 is 11.9 Å². The number of benzene rings is 1. The molecule has 30 heavy (non-hydrogen) atoms. The average molecular weight is 418 g/mol. The zero-order valence-corrected chi connectivity index (χ0v) is 19.0. The van der Waals surface area contributed by atoms with E-state index in [-0.39, 0.29) is 23.3 Å². The lowest BCUT2D eigenvalue weighted by molar-refractivity contribution is -0.323. The van der Waals surface area contributed by atoms with E-state index in [0.717, 1.165) is 30.6 Å². The summed E-state index contributed by atoms with van der Waals surface area (Å²) in [5.41, 5.74) is 0.516. The Kier molecular flexibility index (Phi) is 8.21. The number of hydrogen-bond acceptors (Lipinski definition) is 6. The van der Waals surface area contributed by atoms with Gasteiger partial charge in [0.15, 0.2) is 0 Å². The molecule has 2 rings (SSSR count). The van der Waals surface area contributed by atoms with Crippen molar-refractivity contribution in [1.82, 2.24) is 5.06 Å². The van der Waals surface area contributed by atoms with Gasteiger partial charge in [0.2, 0.25) is 0 Å². The van der Waals surface area contributed by atoms with Gasteiger partial charge in [-0.05, 0) is 39.2 Å². The van der Waals surface area contributed by atoms with E-state index in [0.29, 0.717) is 12.8 Å². The minimum Gasteiger partial charge on any atom is -0.466 e. The van der Waals surface area contributed by atoms with Crippen LogP contribution in [0.15, 0.2) is 42.5 Å². The van der Waals surface area contributed by atoms with Crippen LogP contribution in [-0.4, -0.2) is 41.3 Å². The van der Waals surface area contributed by atoms with Gasteiger partial charge in [0.05, 0.1) is 7.11 Å². The van der Waals surface area contributed by atoms with Crippen LogP contribution in [0.3, 0.4) is 0 Å². The molecule has 0 radical (unpaired) electrons. The van der Waals surface area contributed by atoms with Gasteiger partial charge in [-0.2, -0.15) is 5.06 Å². The first-order valence-electron chi connectivity index (χ1n) is 10.7. The highest BCUT2D eigenvalue weighted by Gasteiger charge is 2.51. The minimum atomic E-state index is -0.582. The lowest BCUT2D eigenvalue weighted by Crippen LogP contribution is -2.64. The van der Waals surface area contributed by atoms with Gasteiger partial charge in [-0.15, -0.1) is 0 Å². The lowest BCUT2D eigenvalue weighted by atomic mass is 9.75. The Morgan fingerprint density at radius 3 is 2.27 bits per heavy atom. The predicted octanol–water partition coefficient (Wildman–Crippen LogP) is 4.75. The van der Waals surface area contributed by atoms with E-state index in [1.54, 1.807) is 0 Å². The fourth-order valence-electron chi connectivity index (χ4n) is 4.38. The second-order valence-corrected chi connectivity index (χ2v) is 8.52. The van der Waals surface area contributed by atoms with Crippen LogP contribution in [0.5, 0.6) is 0 Å². The molecule has 1 saturated heterocycles. The minimum absolute atomic E-state index is 0.0926. The Bertz CT molecular complexity index is 739. The Morgan fingerprint density at radius 1 is 1.10 bits per heavy atom. The molecule has 6 nitrogen and oxygen atoms in total. The monoisotopic (exact) mass is 417 g/mol. The number of carbonyl (C=O) groups excluding carboxylic acids is 2. The fraction of sp³-hybridized carbons (Fsp3) is 0.583. The number of rotatable bonds is 8. The Morgan fingerprint density at radius 2 is 1.70 bits per heavy atom. The molecule has 0 N–H and O–H groups in total. The van der Waals surface area contributed by atoms with Crippen molar-refractivity contribution in [2.75, 3.05) is 7.11 Å². The van der Waals surface area contributed by atoms with Crippen LogP contribution >= 0.6 is 0 Å². The molecule has 1 fully saturated rings. The third kappa shape index (κ3) is 5.70. The number of carbonyl (C=O) groups is 2. The van der Waals surface area contributed by atoms with E-state index in [1.165, 1.54) is 7.11 Å². The highest BCUT2D eigenvalue weighted by molar-refractivity contribution is 5.91. The van der Waals surface area contributed by atoms with Gasteiger partial charge in [-0.3, -0.25) is 4.84 Å². The van der Waals surface area contributed by atoms with Gasteiger partial charge >= 0.3 is 11.9 Å². The third-order valence-electron chi connectivity index (χ3n) is 6.00. The van der Waals surface area contributed by atoms with E-state index < -0.39 is 11.9 Å². The van der Waals surface area contributed by atoms with E-state index >= 15 is 0 Å². The summed E-state index contributed by atoms with van der Waals surface area (Å²) in [7, 11) is 1.27. The largest absolute Gasteiger partial charge is 0.466 e. The van der Waals surface area contributed by atoms with Crippen LogP contribution in [0.2, 0.25) is 0 Å². The van der Waals surface area contributed by atoms with Crippen molar-refractivity contribution in [3.05, 3.63) is 48.0 Å². The third-order valence-corrected chi connectivity index (χ3v) is 6.00. The number of ether oxygens (including phenoxy) is 2. The van der Waals surface area contributed by atoms with Crippen LogP contribution in [0.4, 0.5) is 0 Å². The molecule has 0 bridgehead atoms. The predicted molar refractivity (Wildman–Crippen MR) is 115 cm³/mol. The first-order chi connectivity index (χ1) is 14.2. The molecule has 6 heteroatoms. The van der Waals surface area contributed by atoms with Gasteiger partial charge in [-0.25, -0.2) is 9.59 Å². The number of hydrogen-bond donors (Lipinski definition) is 0. The Labute approximate surface area is 180 Å². The molecule has 0 spiro atoms. The highest BCUT2D eigenvalue weighted by Crippen LogP contribution is 2.45. The van der Waals surface area contributed by atoms with Gasteiger partial charge in [0.1, 0.15) is 12.2 Å². The molecule has 1 aliphatic rings. The van der Waals surface area contributed by atoms with Crippen LogP contribution in [0.25, 0.3) is 0 Å². The van der Waals surface area contributed by atoms with Crippen molar-refractivity contribution < 1.29 is 23.9 Å². The van der Waals surface area contributed by atoms with Crippen LogP contribution in [-0.2, 0) is 23.9 Å². The summed E-state index contributed by atoms with van der Waals surface area (Å²) < 4.78 is 10.2. The smallest absolute Gasteiger partial charge is 0.331 e. The molecular weight excluding hydrogens is 382 g/mol. The quantitative estimate of drug-likeness (QED) is 0.449. The number of nitrogens with zero attached hydrogens (tertiary/aromatic N) is 1. The van der Waals surface area contributed by atoms with Crippen LogP contribution < -0.4 is 0 Å². The van der Waals surface area contributed by atoms with Crippen LogP contribution in [0, 0.1) is 0 Å². The van der Waals surface area contributed by atoms with Crippen molar-refractivity contribution in [1.29, 1.82) is 0 Å². The SMILES string of the molecule is CCC1(CC)CC(OC(=O)/C=C/C(=O)OC)CC(C)(C)N1OC(C)c1ccccc1. The zero-order valence-electron chi connectivity index (χ0n) is 19.0. The number of piperidine rings is 1. The number of esters is 2. The first kappa shape index (κ1) is 24.1. The summed E-state index contributed by atoms with van der Waals surface area (Å²) in [6.07, 6.45) is 4.88. The lowest BCUT2D eigenvalue weighted by Gasteiger charge is -2.56. The molecule has 0 aliphatic carbocycles. The molecular formula is C24H35NO5. The number of hydroxylamine groups is 2. The second kappa shape index (κ2) is 10.2. The summed E-state index contributed by atoms with van der Waals surface area (Å²) in [4.78, 5) is 30.0. The van der Waals surface area contributed by atoms with Crippen molar-refractivity contribution in [2.45, 2.75) is 83.6 Å². The maximum atomic E-state index is 12.2. The Hall–Kier alpha value is -2.18. The molecule has 1 heterocycles. The average Bonchev–Trinajstić information content (AvgIpc) is 2.73. The van der Waals surface area contributed by atoms with Crippen molar-refractivity contribution in [3.63, 3.8) is 0 Å². The van der Waals surface area contributed by atoms with Gasteiger partial charge in [-0.1, -0.05) is 44.2 Å². The van der Waals surface area contributed by atoms with Crippen molar-refractivity contribution in [3.8, 4) is 0 Å². The summed E-state index contributed by atoms with van der Waals surface area (Å²) >= 11 is 0. The van der Waals surface area contributed by atoms with Gasteiger partial charge in [0.25, 0.3) is 0 Å². The molecule has 2 atom stereocenters. The van der Waals surface area contributed by atoms with Crippen molar-refractivity contribution in [2.24, 2.45) is 0 Å². The van der Waals surface area contributed by atoms with Gasteiger partial charge < -0.3 is 9.47 Å². The summed E-state index contributed by atoms with van der Waals surface area (Å²) in [6, 6.07) is 10.2. The van der Waals surface area contributed by atoms with Crippen LogP contribution in [0.1, 0.15) is 72.0 Å². The second-order valence-electron chi connectivity index (χ2n) is 8.52. The van der Waals surface area contributed by atoms with Gasteiger partial charge in [0, 0.05) is 36.1 Å². The summed E-state index contributed by atoms with van der Waals surface area (Å²) in [5, 5.41) is 2.15. The molecule has 0 aromatic heterocycles. The summed E-state index contributed by atoms with van der Waals surface area (Å²) in [6.45, 7) is 10.6. The molecule has 2 unspecified atom stereocenters. The topological polar surface area (TPSA) is 65.1 Å². The maximum Gasteiger partial charge on any atom is 0.331 e. The molecule has 166 valence electrons. The zero-order chi connectivity index (χ0) is 22.4. The molecule has 1 aromatic rings. The fourth-order valence-corrected chi connectivity index (χ4v) is 4.38. The molecule has 0 saturated carbocycles. The maximum absolute atomic E-state index is 12.2. The molecule has 0 amide bonds. The normalized spacial score (nSPS) is 21.9. The molecule has 1 aromatic carbocycles. The number of methoxy groups -OCH3 is 1. The van der Waals surface area contributed by atoms with E-state index in [2.05, 4.69) is 56.6 Å². The standard InChI is InChI=1S/C24H35NO5/c1-7-24(8-2)17-20(29-22(27)15-14-21(26)28-6)16-23(4,5)25(24)30-18(3)19-12-10-9-11-13-19/h9-15,18,20H,7-8,16-17H2,1-6H3/b15-14+. The highest BCUT2D eigenvalue weighted by atomic mass is 16.7. The van der Waals surface area contributed by atoms with E-state index in [1.807, 2.05) is 18.2 Å². The van der Waals surface area contributed by atoms with E-state index in [4.69, 9.17) is 9.57 Å². The summed E-state index contributed by atoms with van der Waals surface area (Å²) in [5.74, 6) is -1.11. The first-order valence-corrected chi connectivity index (χ1v) is 10.7.